The third-order valence-corrected chi connectivity index (χ3v) is 23.3. The van der Waals surface area contributed by atoms with E-state index in [0.29, 0.717) is 0 Å². The van der Waals surface area contributed by atoms with Gasteiger partial charge in [0.1, 0.15) is 0 Å². The van der Waals surface area contributed by atoms with E-state index in [4.69, 9.17) is 0 Å². The molecule has 1 unspecified atom stereocenters. The third-order valence-electron chi connectivity index (χ3n) is 6.77. The van der Waals surface area contributed by atoms with Crippen molar-refractivity contribution in [1.82, 2.24) is 0 Å². The van der Waals surface area contributed by atoms with Gasteiger partial charge in [0, 0.05) is 0 Å². The van der Waals surface area contributed by atoms with Crippen LogP contribution >= 0.6 is 0 Å². The normalized spacial score (nSPS) is 13.2. The predicted molar refractivity (Wildman–Crippen MR) is 140 cm³/mol. The molecule has 1 nitrogen and oxygen atoms in total. The molecular weight excluding hydrogens is 471 g/mol. The molecule has 30 heavy (non-hydrogen) atoms. The Morgan fingerprint density at radius 1 is 0.767 bits per heavy atom. The first-order valence-corrected chi connectivity index (χ1v) is 20.8. The fourth-order valence-corrected chi connectivity index (χ4v) is 22.5. The fraction of sp³-hybridized carbons (Fsp3) is 0.857. The molecule has 2 heteroatoms. The molecule has 0 heterocycles. The van der Waals surface area contributed by atoms with Crippen molar-refractivity contribution in [2.45, 2.75) is 150 Å². The molecule has 0 aromatic carbocycles. The molecule has 1 atom stereocenters. The second kappa shape index (κ2) is 20.9. The molecule has 0 radical (unpaired) electrons. The Kier molecular flexibility index (Phi) is 21.0. The van der Waals surface area contributed by atoms with Gasteiger partial charge >= 0.3 is 182 Å². The van der Waals surface area contributed by atoms with E-state index in [1.807, 2.05) is 6.92 Å². The molecule has 0 spiro atoms. The average molecular weight is 525 g/mol. The SMILES string of the molecule is CC#CCCCCCCCCCC(O)[C](=CC)[Sn]([CH2]CCC)([CH2]CCC)[CH2]CCC. The molecule has 0 aromatic rings. The van der Waals surface area contributed by atoms with E-state index in [0.717, 1.165) is 12.8 Å². The molecule has 1 N–H and O–H groups in total. The summed E-state index contributed by atoms with van der Waals surface area (Å²) in [6.07, 6.45) is 21.4. The zero-order chi connectivity index (χ0) is 22.5. The monoisotopic (exact) mass is 526 g/mol. The number of rotatable bonds is 20. The van der Waals surface area contributed by atoms with Crippen LogP contribution < -0.4 is 0 Å². The van der Waals surface area contributed by atoms with Crippen molar-refractivity contribution in [2.24, 2.45) is 0 Å². The van der Waals surface area contributed by atoms with Crippen LogP contribution in [0.4, 0.5) is 0 Å². The quantitative estimate of drug-likeness (QED) is 0.0955. The van der Waals surface area contributed by atoms with Gasteiger partial charge < -0.3 is 0 Å². The Bertz CT molecular complexity index is 449. The van der Waals surface area contributed by atoms with Crippen LogP contribution in [0.5, 0.6) is 0 Å². The van der Waals surface area contributed by atoms with Crippen LogP contribution in [0.15, 0.2) is 9.67 Å². The topological polar surface area (TPSA) is 20.2 Å². The maximum absolute atomic E-state index is 11.2. The summed E-state index contributed by atoms with van der Waals surface area (Å²) in [5.41, 5.74) is 0. The van der Waals surface area contributed by atoms with Crippen LogP contribution in [-0.2, 0) is 0 Å². The Labute approximate surface area is 194 Å². The van der Waals surface area contributed by atoms with Crippen LogP contribution in [-0.4, -0.2) is 29.6 Å². The summed E-state index contributed by atoms with van der Waals surface area (Å²) in [5.74, 6) is 6.14. The molecule has 0 aliphatic heterocycles. The van der Waals surface area contributed by atoms with E-state index in [9.17, 15) is 5.11 Å². The Balaban J connectivity index is 4.62. The molecule has 0 aliphatic carbocycles. The average Bonchev–Trinajstić information content (AvgIpc) is 2.76. The van der Waals surface area contributed by atoms with Crippen molar-refractivity contribution in [3.63, 3.8) is 0 Å². The first kappa shape index (κ1) is 30.1. The van der Waals surface area contributed by atoms with Crippen molar-refractivity contribution in [2.75, 3.05) is 0 Å². The summed E-state index contributed by atoms with van der Waals surface area (Å²) < 4.78 is 5.97. The molecule has 0 amide bonds. The van der Waals surface area contributed by atoms with Crippen LogP contribution in [0, 0.1) is 11.8 Å². The summed E-state index contributed by atoms with van der Waals surface area (Å²) in [7, 11) is 0. The van der Waals surface area contributed by atoms with E-state index in [1.54, 1.807) is 3.59 Å². The molecule has 0 aromatic heterocycles. The first-order valence-electron chi connectivity index (χ1n) is 13.4. The number of unbranched alkanes of at least 4 members (excludes halogenated alkanes) is 10. The van der Waals surface area contributed by atoms with Gasteiger partial charge in [-0.2, -0.15) is 0 Å². The van der Waals surface area contributed by atoms with Crippen molar-refractivity contribution >= 4 is 18.4 Å². The van der Waals surface area contributed by atoms with E-state index in [1.165, 1.54) is 96.8 Å². The van der Waals surface area contributed by atoms with E-state index >= 15 is 0 Å². The third kappa shape index (κ3) is 13.5. The van der Waals surface area contributed by atoms with Crippen LogP contribution in [0.2, 0.25) is 13.3 Å². The van der Waals surface area contributed by atoms with Gasteiger partial charge in [0.25, 0.3) is 0 Å². The van der Waals surface area contributed by atoms with Crippen LogP contribution in [0.25, 0.3) is 0 Å². The second-order valence-electron chi connectivity index (χ2n) is 9.29. The molecular formula is C28H54OSn. The summed E-state index contributed by atoms with van der Waals surface area (Å²) in [6, 6.07) is 0. The molecule has 0 saturated heterocycles. The van der Waals surface area contributed by atoms with Gasteiger partial charge in [-0.15, -0.1) is 5.92 Å². The molecule has 0 saturated carbocycles. The molecule has 0 aliphatic rings. The van der Waals surface area contributed by atoms with Gasteiger partial charge in [0.2, 0.25) is 0 Å². The van der Waals surface area contributed by atoms with Gasteiger partial charge in [-0.3, -0.25) is 0 Å². The summed E-state index contributed by atoms with van der Waals surface area (Å²) in [5, 5.41) is 11.2. The zero-order valence-electron chi connectivity index (χ0n) is 21.3. The van der Waals surface area contributed by atoms with Crippen molar-refractivity contribution in [1.29, 1.82) is 0 Å². The first-order chi connectivity index (χ1) is 14.6. The molecule has 0 fully saturated rings. The standard InChI is InChI=1S/C16H27O.3C4H9.Sn/c1-3-5-6-7-8-9-10-11-12-13-15-16(17)14-4-2;3*1-3-4-2;/h4,16-17H,6-13,15H2,1-2H3;3*1,3-4H2,2H3;. The summed E-state index contributed by atoms with van der Waals surface area (Å²) in [6.45, 7) is 11.1. The van der Waals surface area contributed by atoms with Gasteiger partial charge in [0.05, 0.1) is 0 Å². The zero-order valence-corrected chi connectivity index (χ0v) is 24.2. The molecule has 176 valence electrons. The van der Waals surface area contributed by atoms with Crippen LogP contribution in [0.1, 0.15) is 131 Å². The Morgan fingerprint density at radius 3 is 1.67 bits per heavy atom. The van der Waals surface area contributed by atoms with Gasteiger partial charge in [0.15, 0.2) is 0 Å². The van der Waals surface area contributed by atoms with Gasteiger partial charge in [-0.25, -0.2) is 0 Å². The Morgan fingerprint density at radius 2 is 1.23 bits per heavy atom. The van der Waals surface area contributed by atoms with Crippen molar-refractivity contribution in [3.8, 4) is 11.8 Å². The fourth-order valence-electron chi connectivity index (χ4n) is 4.92. The minimum absolute atomic E-state index is 0.149. The number of allylic oxidation sites excluding steroid dienone is 1. The number of hydrogen-bond acceptors (Lipinski definition) is 1. The minimum atomic E-state index is -2.46. The predicted octanol–water partition coefficient (Wildman–Crippen LogP) is 9.22. The van der Waals surface area contributed by atoms with Crippen LogP contribution in [0.3, 0.4) is 0 Å². The van der Waals surface area contributed by atoms with Crippen molar-refractivity contribution < 1.29 is 5.11 Å². The summed E-state index contributed by atoms with van der Waals surface area (Å²) in [4.78, 5) is 0. The van der Waals surface area contributed by atoms with Gasteiger partial charge in [-0.1, -0.05) is 0 Å². The van der Waals surface area contributed by atoms with Gasteiger partial charge in [-0.05, 0) is 6.92 Å². The molecule has 0 rings (SSSR count). The number of aliphatic hydroxyl groups excluding tert-OH is 1. The Hall–Kier alpha value is 0.0587. The van der Waals surface area contributed by atoms with E-state index < -0.39 is 18.4 Å². The van der Waals surface area contributed by atoms with E-state index in [-0.39, 0.29) is 6.10 Å². The summed E-state index contributed by atoms with van der Waals surface area (Å²) >= 11 is -2.46. The van der Waals surface area contributed by atoms with E-state index in [2.05, 4.69) is 45.6 Å². The second-order valence-corrected chi connectivity index (χ2v) is 22.5. The maximum atomic E-state index is 11.2. The number of hydrogen-bond donors (Lipinski definition) is 1. The number of aliphatic hydroxyl groups is 1. The van der Waals surface area contributed by atoms with Crippen molar-refractivity contribution in [3.05, 3.63) is 9.67 Å². The molecule has 0 bridgehead atoms.